The number of hydrogen-bond donors (Lipinski definition) is 0. The summed E-state index contributed by atoms with van der Waals surface area (Å²) in [5.41, 5.74) is 8.18. The highest BCUT2D eigenvalue weighted by Gasteiger charge is 2.13. The molecule has 0 aliphatic rings. The van der Waals surface area contributed by atoms with Crippen molar-refractivity contribution in [3.05, 3.63) is 39.2 Å². The lowest BCUT2D eigenvalue weighted by Gasteiger charge is -1.98. The van der Waals surface area contributed by atoms with Crippen molar-refractivity contribution in [2.75, 3.05) is 0 Å². The average molecular weight is 243 g/mol. The summed E-state index contributed by atoms with van der Waals surface area (Å²) in [5, 5.41) is 8.54. The van der Waals surface area contributed by atoms with Gasteiger partial charge in [-0.05, 0) is 23.7 Å². The zero-order valence-electron chi connectivity index (χ0n) is 7.12. The Labute approximate surface area is 90.4 Å². The fourth-order valence-electron chi connectivity index (χ4n) is 0.842. The van der Waals surface area contributed by atoms with Crippen molar-refractivity contribution in [3.8, 4) is 6.07 Å². The van der Waals surface area contributed by atoms with Gasteiger partial charge < -0.3 is 0 Å². The molecule has 0 N–H and O–H groups in total. The van der Waals surface area contributed by atoms with E-state index >= 15 is 0 Å². The molecule has 0 aliphatic carbocycles. The fourth-order valence-corrected chi connectivity index (χ4v) is 1.83. The van der Waals surface area contributed by atoms with Crippen LogP contribution < -0.4 is 0 Å². The first kappa shape index (κ1) is 11.3. The van der Waals surface area contributed by atoms with Gasteiger partial charge in [0.25, 0.3) is 10.0 Å². The summed E-state index contributed by atoms with van der Waals surface area (Å²) >= 11 is 5.61. The third-order valence-electron chi connectivity index (χ3n) is 1.50. The molecule has 1 aromatic rings. The molecule has 0 heterocycles. The van der Waals surface area contributed by atoms with E-state index < -0.39 is 10.0 Å². The van der Waals surface area contributed by atoms with E-state index in [9.17, 15) is 8.42 Å². The highest BCUT2D eigenvalue weighted by atomic mass is 35.5. The summed E-state index contributed by atoms with van der Waals surface area (Å²) in [6, 6.07) is 5.22. The van der Waals surface area contributed by atoms with E-state index in [1.807, 2.05) is 0 Å². The highest BCUT2D eigenvalue weighted by Crippen LogP contribution is 2.21. The molecule has 0 bridgehead atoms. The Morgan fingerprint density at radius 1 is 1.53 bits per heavy atom. The molecule has 0 fully saturated rings. The van der Waals surface area contributed by atoms with Crippen LogP contribution in [-0.2, 0) is 10.0 Å². The van der Waals surface area contributed by atoms with E-state index in [1.54, 1.807) is 6.07 Å². The zero-order chi connectivity index (χ0) is 11.5. The Balaban J connectivity index is 3.38. The topological polar surface area (TPSA) is 107 Å². The summed E-state index contributed by atoms with van der Waals surface area (Å²) < 4.78 is 25.1. The van der Waals surface area contributed by atoms with E-state index in [4.69, 9.17) is 22.4 Å². The van der Waals surface area contributed by atoms with Crippen molar-refractivity contribution >= 4 is 21.6 Å². The number of rotatable bonds is 2. The number of halogens is 1. The van der Waals surface area contributed by atoms with Gasteiger partial charge in [-0.15, -0.1) is 0 Å². The van der Waals surface area contributed by atoms with E-state index in [-0.39, 0.29) is 15.5 Å². The van der Waals surface area contributed by atoms with E-state index in [0.29, 0.717) is 0 Å². The van der Waals surface area contributed by atoms with Crippen LogP contribution in [0, 0.1) is 11.3 Å². The van der Waals surface area contributed by atoms with Gasteiger partial charge in [-0.3, -0.25) is 0 Å². The maximum Gasteiger partial charge on any atom is 0.264 e. The summed E-state index contributed by atoms with van der Waals surface area (Å²) in [4.78, 5) is 1.94. The van der Waals surface area contributed by atoms with Gasteiger partial charge in [0, 0.05) is 9.43 Å². The second-order valence-electron chi connectivity index (χ2n) is 2.40. The lowest BCUT2D eigenvalue weighted by atomic mass is 10.2. The Hall–Kier alpha value is -1.74. The standard InChI is InChI=1S/C7H3ClN4O2S/c8-7-3-6(2-1-5(7)4-9)15(13,14)12-11-10/h1-3H. The maximum atomic E-state index is 11.2. The molecule has 0 amide bonds. The molecule has 76 valence electrons. The molecule has 0 aromatic heterocycles. The smallest absolute Gasteiger partial charge is 0.216 e. The minimum absolute atomic E-state index is 0.00767. The van der Waals surface area contributed by atoms with Crippen LogP contribution in [0.15, 0.2) is 27.6 Å². The van der Waals surface area contributed by atoms with E-state index in [1.165, 1.54) is 6.07 Å². The summed E-state index contributed by atoms with van der Waals surface area (Å²) in [5.74, 6) is 0. The van der Waals surface area contributed by atoms with Gasteiger partial charge in [-0.25, -0.2) is 8.42 Å². The van der Waals surface area contributed by atoms with Crippen LogP contribution in [0.1, 0.15) is 5.56 Å². The third-order valence-corrected chi connectivity index (χ3v) is 2.95. The number of nitriles is 1. The first-order valence-electron chi connectivity index (χ1n) is 3.52. The van der Waals surface area contributed by atoms with Crippen LogP contribution in [0.2, 0.25) is 5.02 Å². The molecule has 0 saturated heterocycles. The number of nitrogens with zero attached hydrogens (tertiary/aromatic N) is 4. The third kappa shape index (κ3) is 2.39. The van der Waals surface area contributed by atoms with Crippen molar-refractivity contribution in [2.24, 2.45) is 4.52 Å². The fraction of sp³-hybridized carbons (Fsp3) is 0. The molecule has 15 heavy (non-hydrogen) atoms. The normalized spacial score (nSPS) is 10.1. The van der Waals surface area contributed by atoms with Gasteiger partial charge in [0.15, 0.2) is 0 Å². The molecule has 6 nitrogen and oxygen atoms in total. The highest BCUT2D eigenvalue weighted by molar-refractivity contribution is 7.90. The van der Waals surface area contributed by atoms with Crippen molar-refractivity contribution in [2.45, 2.75) is 4.90 Å². The Kier molecular flexibility index (Phi) is 3.17. The number of hydrogen-bond acceptors (Lipinski definition) is 3. The van der Waals surface area contributed by atoms with Crippen LogP contribution in [0.3, 0.4) is 0 Å². The predicted molar refractivity (Wildman–Crippen MR) is 52.5 cm³/mol. The van der Waals surface area contributed by atoms with Crippen LogP contribution in [0.5, 0.6) is 0 Å². The van der Waals surface area contributed by atoms with Crippen molar-refractivity contribution in [1.82, 2.24) is 0 Å². The summed E-state index contributed by atoms with van der Waals surface area (Å²) in [7, 11) is -4.04. The Morgan fingerprint density at radius 2 is 2.20 bits per heavy atom. The summed E-state index contributed by atoms with van der Waals surface area (Å²) in [6.07, 6.45) is 0. The SMILES string of the molecule is N#Cc1ccc(S(=O)(=O)N=[N+]=[N-])cc1Cl. The molecule has 0 radical (unpaired) electrons. The second-order valence-corrected chi connectivity index (χ2v) is 4.39. The largest absolute Gasteiger partial charge is 0.264 e. The number of sulfonamides is 1. The van der Waals surface area contributed by atoms with Crippen LogP contribution in [0.4, 0.5) is 0 Å². The van der Waals surface area contributed by atoms with Gasteiger partial charge >= 0.3 is 0 Å². The monoisotopic (exact) mass is 242 g/mol. The van der Waals surface area contributed by atoms with Gasteiger partial charge in [-0.2, -0.15) is 5.26 Å². The molecule has 8 heteroatoms. The minimum atomic E-state index is -4.04. The first-order chi connectivity index (χ1) is 7.01. The van der Waals surface area contributed by atoms with Gasteiger partial charge in [-0.1, -0.05) is 11.6 Å². The van der Waals surface area contributed by atoms with Gasteiger partial charge in [0.1, 0.15) is 6.07 Å². The molecule has 0 saturated carbocycles. The quantitative estimate of drug-likeness (QED) is 0.451. The molecule has 0 atom stereocenters. The zero-order valence-corrected chi connectivity index (χ0v) is 8.70. The van der Waals surface area contributed by atoms with Crippen molar-refractivity contribution in [1.29, 1.82) is 5.26 Å². The van der Waals surface area contributed by atoms with Crippen molar-refractivity contribution in [3.63, 3.8) is 0 Å². The van der Waals surface area contributed by atoms with E-state index in [2.05, 4.69) is 9.43 Å². The second kappa shape index (κ2) is 4.19. The Morgan fingerprint density at radius 3 is 2.67 bits per heavy atom. The average Bonchev–Trinajstić information content (AvgIpc) is 2.17. The lowest BCUT2D eigenvalue weighted by Crippen LogP contribution is -1.95. The first-order valence-corrected chi connectivity index (χ1v) is 5.34. The summed E-state index contributed by atoms with van der Waals surface area (Å²) in [6.45, 7) is 0. The lowest BCUT2D eigenvalue weighted by molar-refractivity contribution is 0.597. The van der Waals surface area contributed by atoms with Gasteiger partial charge in [0.05, 0.1) is 15.5 Å². The number of benzene rings is 1. The molecular weight excluding hydrogens is 240 g/mol. The molecule has 0 aliphatic heterocycles. The van der Waals surface area contributed by atoms with Gasteiger partial charge in [0.2, 0.25) is 0 Å². The molecule has 0 spiro atoms. The van der Waals surface area contributed by atoms with Crippen molar-refractivity contribution < 1.29 is 8.42 Å². The van der Waals surface area contributed by atoms with Crippen LogP contribution >= 0.6 is 11.6 Å². The number of azide groups is 1. The molecule has 1 rings (SSSR count). The molecular formula is C7H3ClN4O2S. The predicted octanol–water partition coefficient (Wildman–Crippen LogP) is 2.21. The van der Waals surface area contributed by atoms with Crippen LogP contribution in [-0.4, -0.2) is 8.42 Å². The van der Waals surface area contributed by atoms with Crippen LogP contribution in [0.25, 0.3) is 10.4 Å². The molecule has 1 aromatic carbocycles. The maximum absolute atomic E-state index is 11.2. The molecule has 0 unspecified atom stereocenters. The van der Waals surface area contributed by atoms with E-state index in [0.717, 1.165) is 12.1 Å². The minimum Gasteiger partial charge on any atom is -0.216 e. The Bertz CT molecular complexity index is 583.